The Kier molecular flexibility index (Phi) is 5.79. The molecule has 156 valence electrons. The Balaban J connectivity index is 1.33. The number of aryl methyl sites for hydroxylation is 2. The number of aromatic nitrogens is 1. The minimum absolute atomic E-state index is 0.0260. The van der Waals surface area contributed by atoms with E-state index in [0.29, 0.717) is 43.4 Å². The molecule has 0 atom stereocenters. The zero-order valence-corrected chi connectivity index (χ0v) is 17.9. The second-order valence-corrected chi connectivity index (χ2v) is 8.23. The number of benzene rings is 2. The van der Waals surface area contributed by atoms with Crippen molar-refractivity contribution in [1.29, 1.82) is 0 Å². The van der Waals surface area contributed by atoms with Gasteiger partial charge >= 0.3 is 0 Å². The third kappa shape index (κ3) is 4.35. The number of fused-ring (bicyclic) bond motifs is 1. The molecule has 0 saturated carbocycles. The molecular formula is C23H25ClN4O2. The van der Waals surface area contributed by atoms with Crippen LogP contribution in [-0.2, 0) is 4.79 Å². The molecule has 1 aromatic heterocycles. The SMILES string of the molecule is Cc1cccc(C)c1NC(=O)CN1CCN(C(=O)c2cc3cc(Cl)ccc3[nH]2)CC1. The summed E-state index contributed by atoms with van der Waals surface area (Å²) in [7, 11) is 0. The summed E-state index contributed by atoms with van der Waals surface area (Å²) in [6, 6.07) is 13.3. The maximum Gasteiger partial charge on any atom is 0.270 e. The van der Waals surface area contributed by atoms with Gasteiger partial charge in [0, 0.05) is 47.8 Å². The van der Waals surface area contributed by atoms with E-state index in [1.807, 2.05) is 55.1 Å². The minimum Gasteiger partial charge on any atom is -0.351 e. The standard InChI is InChI=1S/C23H25ClN4O2/c1-15-4-3-5-16(2)22(15)26-21(29)14-27-8-10-28(11-9-27)23(30)20-13-17-12-18(24)6-7-19(17)25-20/h3-7,12-13,25H,8-11,14H2,1-2H3,(H,26,29). The average molecular weight is 425 g/mol. The van der Waals surface area contributed by atoms with Gasteiger partial charge in [0.1, 0.15) is 5.69 Å². The van der Waals surface area contributed by atoms with Crippen LogP contribution in [0.5, 0.6) is 0 Å². The van der Waals surface area contributed by atoms with Crippen LogP contribution < -0.4 is 5.32 Å². The molecule has 1 aliphatic heterocycles. The predicted octanol–water partition coefficient (Wildman–Crippen LogP) is 3.83. The zero-order chi connectivity index (χ0) is 21.3. The van der Waals surface area contributed by atoms with Crippen molar-refractivity contribution >= 4 is 40.0 Å². The van der Waals surface area contributed by atoms with E-state index in [0.717, 1.165) is 27.7 Å². The van der Waals surface area contributed by atoms with Crippen molar-refractivity contribution in [2.24, 2.45) is 0 Å². The molecular weight excluding hydrogens is 400 g/mol. The van der Waals surface area contributed by atoms with Gasteiger partial charge in [0.25, 0.3) is 5.91 Å². The van der Waals surface area contributed by atoms with Crippen LogP contribution in [0.25, 0.3) is 10.9 Å². The quantitative estimate of drug-likeness (QED) is 0.668. The van der Waals surface area contributed by atoms with Crippen LogP contribution >= 0.6 is 11.6 Å². The number of H-pyrrole nitrogens is 1. The normalized spacial score (nSPS) is 14.8. The molecule has 1 aliphatic rings. The zero-order valence-electron chi connectivity index (χ0n) is 17.2. The van der Waals surface area contributed by atoms with Gasteiger partial charge < -0.3 is 15.2 Å². The molecule has 6 nitrogen and oxygen atoms in total. The fourth-order valence-corrected chi connectivity index (χ4v) is 4.07. The van der Waals surface area contributed by atoms with Crippen molar-refractivity contribution < 1.29 is 9.59 Å². The van der Waals surface area contributed by atoms with Crippen LogP contribution in [0.2, 0.25) is 5.02 Å². The summed E-state index contributed by atoms with van der Waals surface area (Å²) in [5.41, 5.74) is 4.45. The molecule has 0 unspecified atom stereocenters. The number of nitrogens with one attached hydrogen (secondary N) is 2. The topological polar surface area (TPSA) is 68.4 Å². The Morgan fingerprint density at radius 3 is 2.43 bits per heavy atom. The molecule has 7 heteroatoms. The first-order valence-corrected chi connectivity index (χ1v) is 10.4. The summed E-state index contributed by atoms with van der Waals surface area (Å²) in [4.78, 5) is 32.4. The number of rotatable bonds is 4. The third-order valence-corrected chi connectivity index (χ3v) is 5.82. The lowest BCUT2D eigenvalue weighted by Crippen LogP contribution is -2.50. The molecule has 0 spiro atoms. The lowest BCUT2D eigenvalue weighted by molar-refractivity contribution is -0.117. The van der Waals surface area contributed by atoms with E-state index < -0.39 is 0 Å². The van der Waals surface area contributed by atoms with E-state index in [4.69, 9.17) is 11.6 Å². The molecule has 0 radical (unpaired) electrons. The smallest absolute Gasteiger partial charge is 0.270 e. The highest BCUT2D eigenvalue weighted by Crippen LogP contribution is 2.22. The lowest BCUT2D eigenvalue weighted by Gasteiger charge is -2.34. The third-order valence-electron chi connectivity index (χ3n) is 5.59. The van der Waals surface area contributed by atoms with Gasteiger partial charge in [-0.1, -0.05) is 29.8 Å². The largest absolute Gasteiger partial charge is 0.351 e. The Hall–Kier alpha value is -2.83. The van der Waals surface area contributed by atoms with E-state index >= 15 is 0 Å². The summed E-state index contributed by atoms with van der Waals surface area (Å²) in [6.07, 6.45) is 0. The number of carbonyl (C=O) groups is 2. The minimum atomic E-state index is -0.0281. The van der Waals surface area contributed by atoms with Crippen molar-refractivity contribution in [2.75, 3.05) is 38.0 Å². The van der Waals surface area contributed by atoms with Gasteiger partial charge in [-0.15, -0.1) is 0 Å². The first-order valence-electron chi connectivity index (χ1n) is 10.1. The molecule has 4 rings (SSSR count). The Labute approximate surface area is 180 Å². The predicted molar refractivity (Wildman–Crippen MR) is 120 cm³/mol. The highest BCUT2D eigenvalue weighted by molar-refractivity contribution is 6.31. The summed E-state index contributed by atoms with van der Waals surface area (Å²) < 4.78 is 0. The number of hydrogen-bond acceptors (Lipinski definition) is 3. The van der Waals surface area contributed by atoms with Gasteiger partial charge in [0.05, 0.1) is 6.54 Å². The van der Waals surface area contributed by atoms with Crippen LogP contribution in [0.15, 0.2) is 42.5 Å². The van der Waals surface area contributed by atoms with E-state index in [1.165, 1.54) is 0 Å². The molecule has 0 aliphatic carbocycles. The monoisotopic (exact) mass is 424 g/mol. The van der Waals surface area contributed by atoms with E-state index in [1.54, 1.807) is 6.07 Å². The number of halogens is 1. The molecule has 2 amide bonds. The molecule has 1 fully saturated rings. The average Bonchev–Trinajstić information content (AvgIpc) is 3.14. The first-order chi connectivity index (χ1) is 14.4. The van der Waals surface area contributed by atoms with Crippen LogP contribution in [0.3, 0.4) is 0 Å². The number of para-hydroxylation sites is 1. The number of anilines is 1. The molecule has 0 bridgehead atoms. The van der Waals surface area contributed by atoms with E-state index in [2.05, 4.69) is 15.2 Å². The van der Waals surface area contributed by atoms with Crippen molar-refractivity contribution in [3.63, 3.8) is 0 Å². The summed E-state index contributed by atoms with van der Waals surface area (Å²) in [5, 5.41) is 4.60. The van der Waals surface area contributed by atoms with Crippen LogP contribution in [0, 0.1) is 13.8 Å². The maximum atomic E-state index is 12.9. The maximum absolute atomic E-state index is 12.9. The molecule has 2 N–H and O–H groups in total. The van der Waals surface area contributed by atoms with Gasteiger partial charge in [0.2, 0.25) is 5.91 Å². The van der Waals surface area contributed by atoms with Crippen LogP contribution in [0.1, 0.15) is 21.6 Å². The van der Waals surface area contributed by atoms with Gasteiger partial charge in [-0.3, -0.25) is 14.5 Å². The number of amides is 2. The molecule has 30 heavy (non-hydrogen) atoms. The molecule has 3 aromatic rings. The van der Waals surface area contributed by atoms with Crippen LogP contribution in [-0.4, -0.2) is 59.3 Å². The second kappa shape index (κ2) is 8.50. The van der Waals surface area contributed by atoms with E-state index in [-0.39, 0.29) is 11.8 Å². The summed E-state index contributed by atoms with van der Waals surface area (Å²) in [5.74, 6) is -0.0540. The fourth-order valence-electron chi connectivity index (χ4n) is 3.89. The summed E-state index contributed by atoms with van der Waals surface area (Å²) >= 11 is 6.03. The fraction of sp³-hybridized carbons (Fsp3) is 0.304. The first kappa shape index (κ1) is 20.4. The number of nitrogens with zero attached hydrogens (tertiary/aromatic N) is 2. The van der Waals surface area contributed by atoms with Crippen LogP contribution in [0.4, 0.5) is 5.69 Å². The van der Waals surface area contributed by atoms with Gasteiger partial charge in [0.15, 0.2) is 0 Å². The van der Waals surface area contributed by atoms with Crippen molar-refractivity contribution in [2.45, 2.75) is 13.8 Å². The number of hydrogen-bond donors (Lipinski definition) is 2. The Morgan fingerprint density at radius 2 is 1.73 bits per heavy atom. The second-order valence-electron chi connectivity index (χ2n) is 7.80. The molecule has 2 heterocycles. The van der Waals surface area contributed by atoms with Crippen molar-refractivity contribution in [3.8, 4) is 0 Å². The number of aromatic amines is 1. The summed E-state index contributed by atoms with van der Waals surface area (Å²) in [6.45, 7) is 6.81. The number of piperazine rings is 1. The Bertz CT molecular complexity index is 1080. The van der Waals surface area contributed by atoms with E-state index in [9.17, 15) is 9.59 Å². The van der Waals surface area contributed by atoms with Gasteiger partial charge in [-0.2, -0.15) is 0 Å². The highest BCUT2D eigenvalue weighted by atomic mass is 35.5. The van der Waals surface area contributed by atoms with Gasteiger partial charge in [-0.25, -0.2) is 0 Å². The van der Waals surface area contributed by atoms with Crippen molar-refractivity contribution in [1.82, 2.24) is 14.8 Å². The molecule has 2 aromatic carbocycles. The molecule has 1 saturated heterocycles. The number of carbonyl (C=O) groups excluding carboxylic acids is 2. The highest BCUT2D eigenvalue weighted by Gasteiger charge is 2.24. The van der Waals surface area contributed by atoms with Crippen molar-refractivity contribution in [3.05, 3.63) is 64.3 Å². The van der Waals surface area contributed by atoms with Gasteiger partial charge in [-0.05, 0) is 49.2 Å². The lowest BCUT2D eigenvalue weighted by atomic mass is 10.1. The Morgan fingerprint density at radius 1 is 1.03 bits per heavy atom.